The molecule has 0 saturated carbocycles. The Bertz CT molecular complexity index is 853. The topological polar surface area (TPSA) is 23.5 Å². The van der Waals surface area contributed by atoms with Crippen LogP contribution in [0.25, 0.3) is 0 Å². The first-order valence-corrected chi connectivity index (χ1v) is 11.9. The van der Waals surface area contributed by atoms with Crippen molar-refractivity contribution in [2.75, 3.05) is 7.05 Å². The van der Waals surface area contributed by atoms with Gasteiger partial charge in [-0.15, -0.1) is 0 Å². The number of aliphatic hydroxyl groups excluding tert-OH is 1. The summed E-state index contributed by atoms with van der Waals surface area (Å²) < 4.78 is 1.38. The summed E-state index contributed by atoms with van der Waals surface area (Å²) >= 11 is 0.219. The zero-order valence-corrected chi connectivity index (χ0v) is 18.5. The molecule has 0 bridgehead atoms. The van der Waals surface area contributed by atoms with E-state index >= 15 is 0 Å². The van der Waals surface area contributed by atoms with Crippen LogP contribution >= 0.6 is 0 Å². The van der Waals surface area contributed by atoms with E-state index in [1.165, 1.54) is 15.6 Å². The molecule has 0 aliphatic carbocycles. The molecule has 3 heteroatoms. The number of hydrogen-bond acceptors (Lipinski definition) is 2. The summed E-state index contributed by atoms with van der Waals surface area (Å²) in [6, 6.07) is 30.0. The fourth-order valence-corrected chi connectivity index (χ4v) is 5.75. The molecule has 0 amide bonds. The van der Waals surface area contributed by atoms with E-state index < -0.39 is 6.10 Å². The fraction of sp³-hybridized carbons (Fsp3) is 0.280. The molecule has 0 unspecified atom stereocenters. The molecule has 1 N–H and O–H groups in total. The van der Waals surface area contributed by atoms with Gasteiger partial charge in [-0.25, -0.2) is 0 Å². The molecule has 3 rings (SSSR count). The predicted molar refractivity (Wildman–Crippen MR) is 119 cm³/mol. The van der Waals surface area contributed by atoms with Gasteiger partial charge < -0.3 is 0 Å². The van der Waals surface area contributed by atoms with Crippen LogP contribution in [0.5, 0.6) is 0 Å². The van der Waals surface area contributed by atoms with Crippen LogP contribution in [0.3, 0.4) is 0 Å². The van der Waals surface area contributed by atoms with Gasteiger partial charge in [0.15, 0.2) is 0 Å². The zero-order chi connectivity index (χ0) is 19.9. The minimum atomic E-state index is -0.398. The van der Waals surface area contributed by atoms with E-state index in [4.69, 9.17) is 0 Å². The maximum atomic E-state index is 10.6. The molecule has 3 aromatic rings. The molecule has 3 atom stereocenters. The van der Waals surface area contributed by atoms with Crippen LogP contribution in [0.1, 0.15) is 48.7 Å². The summed E-state index contributed by atoms with van der Waals surface area (Å²) in [5.74, 6) is 0. The summed E-state index contributed by atoms with van der Waals surface area (Å²) in [5, 5.41) is 11.4. The molecule has 2 nitrogen and oxygen atoms in total. The number of hydrogen-bond donors (Lipinski definition) is 1. The molecule has 0 aliphatic heterocycles. The van der Waals surface area contributed by atoms with Crippen LogP contribution in [0.4, 0.5) is 0 Å². The Morgan fingerprint density at radius 1 is 0.750 bits per heavy atom. The first-order chi connectivity index (χ1) is 13.6. The van der Waals surface area contributed by atoms with Crippen molar-refractivity contribution >= 4 is 19.4 Å². The van der Waals surface area contributed by atoms with Crippen molar-refractivity contribution in [1.29, 1.82) is 0 Å². The van der Waals surface area contributed by atoms with Crippen molar-refractivity contribution in [1.82, 2.24) is 4.90 Å². The molecule has 0 spiro atoms. The summed E-state index contributed by atoms with van der Waals surface area (Å²) in [7, 11) is 2.20. The average Bonchev–Trinajstić information content (AvgIpc) is 2.77. The van der Waals surface area contributed by atoms with Crippen molar-refractivity contribution in [2.45, 2.75) is 37.4 Å². The van der Waals surface area contributed by atoms with Crippen molar-refractivity contribution in [3.63, 3.8) is 0 Å². The van der Waals surface area contributed by atoms with Gasteiger partial charge in [0.25, 0.3) is 0 Å². The van der Waals surface area contributed by atoms with Crippen molar-refractivity contribution < 1.29 is 5.11 Å². The zero-order valence-electron chi connectivity index (χ0n) is 16.8. The van der Waals surface area contributed by atoms with E-state index in [1.54, 1.807) is 0 Å². The molecule has 0 saturated heterocycles. The molecular formula is C25H29NOSe. The molecule has 28 heavy (non-hydrogen) atoms. The van der Waals surface area contributed by atoms with Crippen LogP contribution in [0.2, 0.25) is 5.32 Å². The van der Waals surface area contributed by atoms with Gasteiger partial charge in [-0.1, -0.05) is 0 Å². The number of benzene rings is 3. The Morgan fingerprint density at radius 2 is 1.29 bits per heavy atom. The normalized spacial score (nSPS) is 14.6. The Hall–Kier alpha value is -1.90. The summed E-state index contributed by atoms with van der Waals surface area (Å²) in [6.07, 6.45) is -0.398. The Balaban J connectivity index is 1.72. The van der Waals surface area contributed by atoms with Gasteiger partial charge in [-0.3, -0.25) is 0 Å². The molecule has 0 heterocycles. The second kappa shape index (κ2) is 10.0. The average molecular weight is 438 g/mol. The van der Waals surface area contributed by atoms with E-state index in [2.05, 4.69) is 80.4 Å². The monoisotopic (exact) mass is 439 g/mol. The second-order valence-corrected chi connectivity index (χ2v) is 9.43. The Kier molecular flexibility index (Phi) is 7.47. The van der Waals surface area contributed by atoms with E-state index in [9.17, 15) is 5.11 Å². The second-order valence-electron chi connectivity index (χ2n) is 7.20. The van der Waals surface area contributed by atoms with Gasteiger partial charge in [0.05, 0.1) is 0 Å². The van der Waals surface area contributed by atoms with Gasteiger partial charge in [0, 0.05) is 0 Å². The van der Waals surface area contributed by atoms with Crippen LogP contribution in [0, 0.1) is 0 Å². The van der Waals surface area contributed by atoms with Crippen molar-refractivity contribution in [3.8, 4) is 0 Å². The van der Waals surface area contributed by atoms with Crippen LogP contribution in [-0.4, -0.2) is 32.0 Å². The third-order valence-electron chi connectivity index (χ3n) is 5.45. The Morgan fingerprint density at radius 3 is 1.93 bits per heavy atom. The third-order valence-corrected chi connectivity index (χ3v) is 7.90. The first-order valence-electron chi connectivity index (χ1n) is 9.79. The van der Waals surface area contributed by atoms with Crippen LogP contribution in [0.15, 0.2) is 84.9 Å². The van der Waals surface area contributed by atoms with E-state index in [0.717, 1.165) is 10.9 Å². The van der Waals surface area contributed by atoms with E-state index in [0.29, 0.717) is 12.1 Å². The third kappa shape index (κ3) is 5.12. The Labute approximate surface area is 175 Å². The SMILES string of the molecule is C[C@H](c1ccccc1)N(C)[C@H](C)c1ccccc1[Se]C[C@@H](O)c1ccccc1. The van der Waals surface area contributed by atoms with Gasteiger partial charge in [0.1, 0.15) is 0 Å². The van der Waals surface area contributed by atoms with Gasteiger partial charge in [-0.2, -0.15) is 0 Å². The summed E-state index contributed by atoms with van der Waals surface area (Å²) in [4.78, 5) is 2.43. The fourth-order valence-electron chi connectivity index (χ4n) is 3.42. The first kappa shape index (κ1) is 20.8. The van der Waals surface area contributed by atoms with Crippen molar-refractivity contribution in [3.05, 3.63) is 102 Å². The van der Waals surface area contributed by atoms with E-state index in [1.807, 2.05) is 30.3 Å². The molecule has 0 radical (unpaired) electrons. The standard InChI is InChI=1S/C25H29NOSe/c1-19(21-12-6-4-7-13-21)26(3)20(2)23-16-10-11-17-25(23)28-18-24(27)22-14-8-5-9-15-22/h4-17,19-20,24,27H,18H2,1-3H3/t19-,20-,24-/m1/s1. The van der Waals surface area contributed by atoms with Crippen LogP contribution < -0.4 is 4.46 Å². The minimum absolute atomic E-state index is 0.219. The maximum absolute atomic E-state index is 10.6. The van der Waals surface area contributed by atoms with Gasteiger partial charge in [0.2, 0.25) is 0 Å². The number of nitrogens with zero attached hydrogens (tertiary/aromatic N) is 1. The van der Waals surface area contributed by atoms with Crippen LogP contribution in [-0.2, 0) is 0 Å². The van der Waals surface area contributed by atoms with Crippen molar-refractivity contribution in [2.24, 2.45) is 0 Å². The molecular weight excluding hydrogens is 409 g/mol. The summed E-state index contributed by atoms with van der Waals surface area (Å²) in [5.41, 5.74) is 3.71. The molecule has 0 fully saturated rings. The van der Waals surface area contributed by atoms with Gasteiger partial charge in [-0.05, 0) is 0 Å². The molecule has 0 aliphatic rings. The molecule has 0 aromatic heterocycles. The molecule has 3 aromatic carbocycles. The van der Waals surface area contributed by atoms with E-state index in [-0.39, 0.29) is 15.0 Å². The predicted octanol–water partition coefficient (Wildman–Crippen LogP) is 4.92. The quantitative estimate of drug-likeness (QED) is 0.505. The number of aliphatic hydroxyl groups is 1. The molecule has 146 valence electrons. The van der Waals surface area contributed by atoms with Gasteiger partial charge >= 0.3 is 175 Å². The number of rotatable bonds is 8. The summed E-state index contributed by atoms with van der Waals surface area (Å²) in [6.45, 7) is 4.54.